The summed E-state index contributed by atoms with van der Waals surface area (Å²) in [6.45, 7) is 10.3. The second kappa shape index (κ2) is 15.7. The van der Waals surface area contributed by atoms with Crippen LogP contribution in [0.5, 0.6) is 11.6 Å². The highest BCUT2D eigenvalue weighted by Crippen LogP contribution is 2.40. The van der Waals surface area contributed by atoms with Gasteiger partial charge < -0.3 is 31.1 Å². The Bertz CT molecular complexity index is 996. The van der Waals surface area contributed by atoms with Gasteiger partial charge in [0.15, 0.2) is 0 Å². The molecule has 10 heteroatoms. The van der Waals surface area contributed by atoms with Crippen molar-refractivity contribution in [2.24, 2.45) is 11.8 Å². The zero-order valence-corrected chi connectivity index (χ0v) is 24.8. The van der Waals surface area contributed by atoms with Crippen molar-refractivity contribution in [1.82, 2.24) is 25.6 Å². The molecule has 1 fully saturated rings. The van der Waals surface area contributed by atoms with E-state index in [0.29, 0.717) is 27.7 Å². The predicted molar refractivity (Wildman–Crippen MR) is 158 cm³/mol. The summed E-state index contributed by atoms with van der Waals surface area (Å²) in [4.78, 5) is 6.52. The number of hydrazine groups is 2. The van der Waals surface area contributed by atoms with Crippen LogP contribution in [-0.4, -0.2) is 62.2 Å². The quantitative estimate of drug-likeness (QED) is 0.156. The number of ether oxygens (including phenoxy) is 1. The Labute approximate surface area is 231 Å². The van der Waals surface area contributed by atoms with Gasteiger partial charge in [0, 0.05) is 57.4 Å². The van der Waals surface area contributed by atoms with Crippen molar-refractivity contribution < 1.29 is 4.74 Å². The number of pyridine rings is 1. The summed E-state index contributed by atoms with van der Waals surface area (Å²) < 4.78 is 6.55. The van der Waals surface area contributed by atoms with Gasteiger partial charge in [0.1, 0.15) is 5.75 Å². The van der Waals surface area contributed by atoms with E-state index < -0.39 is 0 Å². The van der Waals surface area contributed by atoms with Crippen LogP contribution in [-0.2, 0) is 0 Å². The van der Waals surface area contributed by atoms with Gasteiger partial charge in [-0.15, -0.1) is 0 Å². The number of benzene rings is 1. The van der Waals surface area contributed by atoms with Crippen molar-refractivity contribution in [1.29, 1.82) is 0 Å². The van der Waals surface area contributed by atoms with Crippen molar-refractivity contribution in [2.45, 2.75) is 40.0 Å². The molecule has 1 heterocycles. The van der Waals surface area contributed by atoms with Crippen LogP contribution in [0.25, 0.3) is 0 Å². The third-order valence-corrected chi connectivity index (χ3v) is 6.83. The number of halogens is 1. The number of nitrogens with two attached hydrogens (primary N) is 2. The number of allylic oxidation sites excluding steroid dienone is 1. The fourth-order valence-electron chi connectivity index (χ4n) is 3.30. The largest absolute Gasteiger partial charge is 0.437 e. The van der Waals surface area contributed by atoms with E-state index >= 15 is 0 Å². The molecule has 0 amide bonds. The molecule has 1 aliphatic rings. The summed E-state index contributed by atoms with van der Waals surface area (Å²) in [6.07, 6.45) is 7.23. The highest BCUT2D eigenvalue weighted by atomic mass is 79.9. The van der Waals surface area contributed by atoms with Gasteiger partial charge in [0.05, 0.1) is 15.8 Å². The summed E-state index contributed by atoms with van der Waals surface area (Å²) in [5, 5.41) is 7.06. The van der Waals surface area contributed by atoms with Crippen LogP contribution in [0.4, 0.5) is 11.4 Å². The van der Waals surface area contributed by atoms with E-state index in [9.17, 15) is 0 Å². The Morgan fingerprint density at radius 2 is 1.95 bits per heavy atom. The number of likely N-dealkylation sites (N-methyl/N-ethyl adjacent to an activating group) is 1. The minimum Gasteiger partial charge on any atom is -0.437 e. The molecule has 9 nitrogen and oxygen atoms in total. The maximum atomic E-state index is 6.20. The van der Waals surface area contributed by atoms with Crippen molar-refractivity contribution >= 4 is 27.3 Å². The third kappa shape index (κ3) is 10.8. The minimum absolute atomic E-state index is 0.568. The van der Waals surface area contributed by atoms with Crippen LogP contribution in [0.15, 0.2) is 46.8 Å². The van der Waals surface area contributed by atoms with Gasteiger partial charge in [0.25, 0.3) is 0 Å². The van der Waals surface area contributed by atoms with E-state index in [4.69, 9.17) is 16.3 Å². The zero-order valence-electron chi connectivity index (χ0n) is 23.2. The lowest BCUT2D eigenvalue weighted by Gasteiger charge is -2.22. The van der Waals surface area contributed by atoms with Gasteiger partial charge in [-0.3, -0.25) is 0 Å². The molecule has 0 spiro atoms. The van der Waals surface area contributed by atoms with Gasteiger partial charge in [-0.2, -0.15) is 0 Å². The van der Waals surface area contributed by atoms with Crippen LogP contribution in [0.2, 0.25) is 0 Å². The van der Waals surface area contributed by atoms with Crippen molar-refractivity contribution in [3.05, 3.63) is 52.4 Å². The first-order valence-electron chi connectivity index (χ1n) is 12.9. The number of hydrogen-bond donors (Lipinski definition) is 4. The average Bonchev–Trinajstić information content (AvgIpc) is 3.69. The molecular weight excluding hydrogens is 532 g/mol. The van der Waals surface area contributed by atoms with E-state index in [0.717, 1.165) is 43.9 Å². The second-order valence-electron chi connectivity index (χ2n) is 9.50. The van der Waals surface area contributed by atoms with E-state index in [-0.39, 0.29) is 0 Å². The van der Waals surface area contributed by atoms with Gasteiger partial charge in [-0.25, -0.2) is 15.8 Å². The SMILES string of the molecule is CC/C(=C\NN(C)C)NCCN(C)CC.Cc1cccnc1Oc1ccc(N(N)CC2CC2)c(N)c1Br. The smallest absolute Gasteiger partial charge is 0.222 e. The van der Waals surface area contributed by atoms with Gasteiger partial charge in [-0.05, 0) is 79.8 Å². The highest BCUT2D eigenvalue weighted by molar-refractivity contribution is 9.10. The van der Waals surface area contributed by atoms with Gasteiger partial charge in [0.2, 0.25) is 5.88 Å². The Kier molecular flexibility index (Phi) is 13.0. The van der Waals surface area contributed by atoms with Crippen molar-refractivity contribution in [3.8, 4) is 11.6 Å². The maximum absolute atomic E-state index is 6.20. The number of aryl methyl sites for hydroxylation is 1. The predicted octanol–water partition coefficient (Wildman–Crippen LogP) is 4.46. The molecular formula is C27H45BrN8O. The molecule has 0 unspecified atom stereocenters. The second-order valence-corrected chi connectivity index (χ2v) is 10.3. The first-order valence-corrected chi connectivity index (χ1v) is 13.7. The number of rotatable bonds is 13. The molecule has 206 valence electrons. The Balaban J connectivity index is 0.000000283. The third-order valence-electron chi connectivity index (χ3n) is 6.01. The van der Waals surface area contributed by atoms with Gasteiger partial charge in [-0.1, -0.05) is 19.9 Å². The molecule has 0 saturated heterocycles. The fourth-order valence-corrected chi connectivity index (χ4v) is 3.72. The Hall–Kier alpha value is -2.53. The standard InChI is InChI=1S/C16H19BrN4O.C11H26N4/c1-10-3-2-8-20-16(10)22-13-7-6-12(15(18)14(13)17)21(19)9-11-4-5-11;1-6-11(10-13-14(3)4)12-8-9-15(5)7-2/h2-3,6-8,11H,4-5,9,18-19H2,1H3;10,12-13H,6-9H2,1-5H3/b;11-10+. The number of nitrogens with zero attached hydrogens (tertiary/aromatic N) is 4. The molecule has 6 N–H and O–H groups in total. The summed E-state index contributed by atoms with van der Waals surface area (Å²) in [7, 11) is 6.10. The molecule has 3 rings (SSSR count). The zero-order chi connectivity index (χ0) is 27.4. The average molecular weight is 578 g/mol. The van der Waals surface area contributed by atoms with E-state index in [1.165, 1.54) is 18.5 Å². The normalized spacial score (nSPS) is 13.3. The van der Waals surface area contributed by atoms with E-state index in [2.05, 4.69) is 57.5 Å². The molecule has 0 radical (unpaired) electrons. The number of nitrogen functional groups attached to an aromatic ring is 1. The van der Waals surface area contributed by atoms with E-state index in [1.807, 2.05) is 56.5 Å². The first-order chi connectivity index (χ1) is 17.7. The lowest BCUT2D eigenvalue weighted by atomic mass is 10.2. The Morgan fingerprint density at radius 3 is 2.54 bits per heavy atom. The molecule has 1 aromatic heterocycles. The Morgan fingerprint density at radius 1 is 1.22 bits per heavy atom. The lowest BCUT2D eigenvalue weighted by Crippen LogP contribution is -2.33. The molecule has 0 bridgehead atoms. The number of hydrogen-bond acceptors (Lipinski definition) is 9. The molecule has 1 saturated carbocycles. The molecule has 1 aliphatic carbocycles. The summed E-state index contributed by atoms with van der Waals surface area (Å²) in [6, 6.07) is 7.57. The minimum atomic E-state index is 0.568. The highest BCUT2D eigenvalue weighted by Gasteiger charge is 2.25. The number of nitrogens with one attached hydrogen (secondary N) is 2. The topological polar surface area (TPSA) is 108 Å². The summed E-state index contributed by atoms with van der Waals surface area (Å²) >= 11 is 3.50. The van der Waals surface area contributed by atoms with Crippen LogP contribution in [0, 0.1) is 12.8 Å². The first kappa shape index (κ1) is 30.7. The molecule has 2 aromatic rings. The van der Waals surface area contributed by atoms with Crippen LogP contribution in [0.3, 0.4) is 0 Å². The summed E-state index contributed by atoms with van der Waals surface area (Å²) in [5.41, 5.74) is 12.9. The maximum Gasteiger partial charge on any atom is 0.222 e. The van der Waals surface area contributed by atoms with Crippen LogP contribution in [0.1, 0.15) is 38.7 Å². The monoisotopic (exact) mass is 576 g/mol. The molecule has 0 aliphatic heterocycles. The number of aromatic nitrogens is 1. The fraction of sp³-hybridized carbons (Fsp3) is 0.519. The van der Waals surface area contributed by atoms with Crippen LogP contribution < -0.4 is 32.1 Å². The molecule has 1 aromatic carbocycles. The van der Waals surface area contributed by atoms with Crippen LogP contribution >= 0.6 is 15.9 Å². The van der Waals surface area contributed by atoms with Crippen molar-refractivity contribution in [3.63, 3.8) is 0 Å². The molecule has 37 heavy (non-hydrogen) atoms. The summed E-state index contributed by atoms with van der Waals surface area (Å²) in [5.74, 6) is 8.00. The van der Waals surface area contributed by atoms with E-state index in [1.54, 1.807) is 11.2 Å². The lowest BCUT2D eigenvalue weighted by molar-refractivity contribution is 0.337. The van der Waals surface area contributed by atoms with Crippen molar-refractivity contribution in [2.75, 3.05) is 58.1 Å². The number of anilines is 2. The molecule has 0 atom stereocenters. The van der Waals surface area contributed by atoms with Gasteiger partial charge >= 0.3 is 0 Å².